The van der Waals surface area contributed by atoms with Crippen molar-refractivity contribution in [3.63, 3.8) is 0 Å². The first-order chi connectivity index (χ1) is 10.3. The van der Waals surface area contributed by atoms with E-state index in [0.29, 0.717) is 0 Å². The maximum Gasteiger partial charge on any atom is 0.123 e. The van der Waals surface area contributed by atoms with E-state index < -0.39 is 0 Å². The summed E-state index contributed by atoms with van der Waals surface area (Å²) < 4.78 is 11.0. The van der Waals surface area contributed by atoms with E-state index in [1.165, 1.54) is 5.56 Å². The van der Waals surface area contributed by atoms with Crippen molar-refractivity contribution >= 4 is 0 Å². The molecule has 1 atom stereocenters. The third-order valence-electron chi connectivity index (χ3n) is 3.61. The summed E-state index contributed by atoms with van der Waals surface area (Å²) in [7, 11) is 1.73. The Hall–Kier alpha value is -1.10. The van der Waals surface area contributed by atoms with Gasteiger partial charge < -0.3 is 14.8 Å². The van der Waals surface area contributed by atoms with Crippen LogP contribution in [0.25, 0.3) is 0 Å². The van der Waals surface area contributed by atoms with Crippen molar-refractivity contribution in [3.05, 3.63) is 29.8 Å². The summed E-state index contributed by atoms with van der Waals surface area (Å²) in [5.41, 5.74) is 1.22. The lowest BCUT2D eigenvalue weighted by Gasteiger charge is -2.28. The maximum atomic E-state index is 5.50. The Morgan fingerprint density at radius 1 is 1.19 bits per heavy atom. The minimum absolute atomic E-state index is 0.271. The van der Waals surface area contributed by atoms with Gasteiger partial charge in [0, 0.05) is 31.3 Å². The molecule has 0 aromatic heterocycles. The number of nitrogens with one attached hydrogen (secondary N) is 1. The Bertz CT molecular complexity index is 385. The molecule has 1 aromatic carbocycles. The van der Waals surface area contributed by atoms with Crippen LogP contribution in [0.4, 0.5) is 0 Å². The van der Waals surface area contributed by atoms with Crippen LogP contribution in [0.1, 0.15) is 32.4 Å². The Labute approximate surface area is 129 Å². The molecule has 0 heterocycles. The van der Waals surface area contributed by atoms with Crippen molar-refractivity contribution in [1.29, 1.82) is 0 Å². The molecule has 0 spiro atoms. The van der Waals surface area contributed by atoms with Crippen LogP contribution in [0.15, 0.2) is 24.3 Å². The predicted octanol–water partition coefficient (Wildman–Crippen LogP) is 2.70. The summed E-state index contributed by atoms with van der Waals surface area (Å²) in [6, 6.07) is 8.52. The molecule has 0 saturated carbocycles. The normalized spacial score (nSPS) is 12.6. The lowest BCUT2D eigenvalue weighted by atomic mass is 10.0. The fourth-order valence-electron chi connectivity index (χ4n) is 2.45. The minimum atomic E-state index is 0.271. The summed E-state index contributed by atoms with van der Waals surface area (Å²) >= 11 is 0. The lowest BCUT2D eigenvalue weighted by molar-refractivity contribution is 0.111. The number of nitrogens with zero attached hydrogens (tertiary/aromatic N) is 1. The Balaban J connectivity index is 2.75. The monoisotopic (exact) mass is 294 g/mol. The number of hydrogen-bond donors (Lipinski definition) is 1. The first kappa shape index (κ1) is 18.0. The second kappa shape index (κ2) is 10.6. The van der Waals surface area contributed by atoms with E-state index >= 15 is 0 Å². The van der Waals surface area contributed by atoms with Gasteiger partial charge in [-0.3, -0.25) is 4.90 Å². The minimum Gasteiger partial charge on any atom is -0.496 e. The van der Waals surface area contributed by atoms with Gasteiger partial charge in [0.2, 0.25) is 0 Å². The molecule has 120 valence electrons. The number of rotatable bonds is 11. The number of hydrogen-bond acceptors (Lipinski definition) is 4. The van der Waals surface area contributed by atoms with Gasteiger partial charge in [-0.25, -0.2) is 0 Å². The molecule has 21 heavy (non-hydrogen) atoms. The molecule has 0 bridgehead atoms. The van der Waals surface area contributed by atoms with Crippen LogP contribution in [0.3, 0.4) is 0 Å². The molecule has 4 heteroatoms. The molecule has 0 fully saturated rings. The van der Waals surface area contributed by atoms with Gasteiger partial charge in [0.25, 0.3) is 0 Å². The summed E-state index contributed by atoms with van der Waals surface area (Å²) in [6.45, 7) is 11.8. The van der Waals surface area contributed by atoms with Crippen molar-refractivity contribution in [3.8, 4) is 5.75 Å². The third kappa shape index (κ3) is 6.04. The van der Waals surface area contributed by atoms with E-state index in [-0.39, 0.29) is 6.04 Å². The topological polar surface area (TPSA) is 33.7 Å². The average molecular weight is 294 g/mol. The standard InChI is InChI=1S/C17H30N2O2/c1-5-18-16(14-19(6-2)12-13-21-7-3)15-10-8-9-11-17(15)20-4/h8-11,16,18H,5-7,12-14H2,1-4H3. The highest BCUT2D eigenvalue weighted by Gasteiger charge is 2.17. The maximum absolute atomic E-state index is 5.50. The fraction of sp³-hybridized carbons (Fsp3) is 0.647. The zero-order chi connectivity index (χ0) is 15.5. The SMILES string of the molecule is CCNC(CN(CC)CCOCC)c1ccccc1OC. The Kier molecular flexibility index (Phi) is 9.06. The quantitative estimate of drug-likeness (QED) is 0.636. The fourth-order valence-corrected chi connectivity index (χ4v) is 2.45. The third-order valence-corrected chi connectivity index (χ3v) is 3.61. The zero-order valence-electron chi connectivity index (χ0n) is 13.9. The van der Waals surface area contributed by atoms with Gasteiger partial charge in [0.1, 0.15) is 5.75 Å². The molecule has 0 aliphatic carbocycles. The number of methoxy groups -OCH3 is 1. The summed E-state index contributed by atoms with van der Waals surface area (Å²) in [5, 5.41) is 3.57. The number of ether oxygens (including phenoxy) is 2. The van der Waals surface area contributed by atoms with E-state index in [2.05, 4.69) is 36.2 Å². The molecule has 1 rings (SSSR count). The number of benzene rings is 1. The van der Waals surface area contributed by atoms with Crippen LogP contribution < -0.4 is 10.1 Å². The van der Waals surface area contributed by atoms with Crippen LogP contribution >= 0.6 is 0 Å². The van der Waals surface area contributed by atoms with Gasteiger partial charge in [-0.05, 0) is 26.1 Å². The van der Waals surface area contributed by atoms with Gasteiger partial charge in [-0.2, -0.15) is 0 Å². The van der Waals surface area contributed by atoms with Crippen LogP contribution in [-0.4, -0.2) is 51.4 Å². The van der Waals surface area contributed by atoms with E-state index in [4.69, 9.17) is 9.47 Å². The highest BCUT2D eigenvalue weighted by atomic mass is 16.5. The molecule has 1 aromatic rings. The van der Waals surface area contributed by atoms with Gasteiger partial charge >= 0.3 is 0 Å². The van der Waals surface area contributed by atoms with Crippen molar-refractivity contribution in [2.24, 2.45) is 0 Å². The van der Waals surface area contributed by atoms with E-state index in [1.807, 2.05) is 19.1 Å². The highest BCUT2D eigenvalue weighted by molar-refractivity contribution is 5.36. The number of likely N-dealkylation sites (N-methyl/N-ethyl adjacent to an activating group) is 2. The van der Waals surface area contributed by atoms with Crippen molar-refractivity contribution in [2.45, 2.75) is 26.8 Å². The highest BCUT2D eigenvalue weighted by Crippen LogP contribution is 2.25. The van der Waals surface area contributed by atoms with E-state index in [0.717, 1.165) is 45.1 Å². The van der Waals surface area contributed by atoms with Crippen LogP contribution in [0, 0.1) is 0 Å². The lowest BCUT2D eigenvalue weighted by Crippen LogP contribution is -2.37. The van der Waals surface area contributed by atoms with Crippen LogP contribution in [-0.2, 0) is 4.74 Å². The first-order valence-electron chi connectivity index (χ1n) is 7.93. The molecule has 0 saturated heterocycles. The van der Waals surface area contributed by atoms with Crippen LogP contribution in [0.2, 0.25) is 0 Å². The summed E-state index contributed by atoms with van der Waals surface area (Å²) in [4.78, 5) is 2.41. The molecule has 1 N–H and O–H groups in total. The summed E-state index contributed by atoms with van der Waals surface area (Å²) in [6.07, 6.45) is 0. The molecule has 0 amide bonds. The second-order valence-corrected chi connectivity index (χ2v) is 4.94. The van der Waals surface area contributed by atoms with Gasteiger partial charge in [-0.1, -0.05) is 32.0 Å². The van der Waals surface area contributed by atoms with Crippen LogP contribution in [0.5, 0.6) is 5.75 Å². The molecule has 0 radical (unpaired) electrons. The van der Waals surface area contributed by atoms with Crippen molar-refractivity contribution in [2.75, 3.05) is 46.5 Å². The van der Waals surface area contributed by atoms with E-state index in [1.54, 1.807) is 7.11 Å². The van der Waals surface area contributed by atoms with Gasteiger partial charge in [0.05, 0.1) is 13.7 Å². The number of para-hydroxylation sites is 1. The molecule has 1 unspecified atom stereocenters. The second-order valence-electron chi connectivity index (χ2n) is 4.94. The molecular weight excluding hydrogens is 264 g/mol. The van der Waals surface area contributed by atoms with Gasteiger partial charge in [-0.15, -0.1) is 0 Å². The Morgan fingerprint density at radius 2 is 1.95 bits per heavy atom. The summed E-state index contributed by atoms with van der Waals surface area (Å²) in [5.74, 6) is 0.948. The van der Waals surface area contributed by atoms with E-state index in [9.17, 15) is 0 Å². The molecule has 0 aliphatic heterocycles. The molecular formula is C17H30N2O2. The first-order valence-corrected chi connectivity index (χ1v) is 7.93. The van der Waals surface area contributed by atoms with Crippen molar-refractivity contribution < 1.29 is 9.47 Å². The molecule has 4 nitrogen and oxygen atoms in total. The molecule has 0 aliphatic rings. The van der Waals surface area contributed by atoms with Gasteiger partial charge in [0.15, 0.2) is 0 Å². The largest absolute Gasteiger partial charge is 0.496 e. The predicted molar refractivity (Wildman–Crippen MR) is 88.0 cm³/mol. The average Bonchev–Trinajstić information content (AvgIpc) is 2.53. The Morgan fingerprint density at radius 3 is 2.57 bits per heavy atom. The van der Waals surface area contributed by atoms with Crippen molar-refractivity contribution in [1.82, 2.24) is 10.2 Å². The smallest absolute Gasteiger partial charge is 0.123 e. The zero-order valence-corrected chi connectivity index (χ0v) is 13.9.